The summed E-state index contributed by atoms with van der Waals surface area (Å²) in [6.45, 7) is 5.96. The maximum atomic E-state index is 12.6. The number of rotatable bonds is 6. The molecule has 1 amide bonds. The van der Waals surface area contributed by atoms with Crippen LogP contribution in [0, 0.1) is 13.8 Å². The summed E-state index contributed by atoms with van der Waals surface area (Å²) < 4.78 is 11.0. The predicted molar refractivity (Wildman–Crippen MR) is 102 cm³/mol. The van der Waals surface area contributed by atoms with Gasteiger partial charge < -0.3 is 14.2 Å². The lowest BCUT2D eigenvalue weighted by Gasteiger charge is -2.20. The van der Waals surface area contributed by atoms with Crippen LogP contribution in [0.3, 0.4) is 0 Å². The van der Waals surface area contributed by atoms with Gasteiger partial charge in [0.15, 0.2) is 6.10 Å². The van der Waals surface area contributed by atoms with Crippen molar-refractivity contribution in [3.8, 4) is 17.1 Å². The summed E-state index contributed by atoms with van der Waals surface area (Å²) in [6, 6.07) is 15.5. The van der Waals surface area contributed by atoms with E-state index in [1.54, 1.807) is 14.0 Å². The lowest BCUT2D eigenvalue weighted by Crippen LogP contribution is -2.37. The van der Waals surface area contributed by atoms with E-state index in [2.05, 4.69) is 10.1 Å². The topological polar surface area (TPSA) is 68.5 Å². The zero-order valence-electron chi connectivity index (χ0n) is 16.0. The monoisotopic (exact) mass is 365 g/mol. The minimum absolute atomic E-state index is 0.161. The third-order valence-electron chi connectivity index (χ3n) is 4.17. The second-order valence-electron chi connectivity index (χ2n) is 6.65. The first-order valence-electron chi connectivity index (χ1n) is 8.80. The molecule has 0 fully saturated rings. The Morgan fingerprint density at radius 1 is 1.15 bits per heavy atom. The first-order chi connectivity index (χ1) is 12.9. The van der Waals surface area contributed by atoms with Crippen LogP contribution >= 0.6 is 0 Å². The van der Waals surface area contributed by atoms with Gasteiger partial charge in [0, 0.05) is 12.6 Å². The van der Waals surface area contributed by atoms with Gasteiger partial charge in [0.25, 0.3) is 5.91 Å². The molecule has 140 valence electrons. The second-order valence-corrected chi connectivity index (χ2v) is 6.65. The van der Waals surface area contributed by atoms with Crippen LogP contribution in [0.25, 0.3) is 11.4 Å². The Morgan fingerprint density at radius 2 is 1.89 bits per heavy atom. The fraction of sp³-hybridized carbons (Fsp3) is 0.286. The van der Waals surface area contributed by atoms with Gasteiger partial charge in [-0.25, -0.2) is 0 Å². The molecule has 3 rings (SSSR count). The summed E-state index contributed by atoms with van der Waals surface area (Å²) in [4.78, 5) is 18.5. The molecule has 0 aliphatic carbocycles. The van der Waals surface area contributed by atoms with Crippen molar-refractivity contribution < 1.29 is 14.1 Å². The molecule has 0 saturated heterocycles. The van der Waals surface area contributed by atoms with E-state index >= 15 is 0 Å². The van der Waals surface area contributed by atoms with Crippen molar-refractivity contribution in [3.05, 3.63) is 65.5 Å². The third kappa shape index (κ3) is 4.73. The molecule has 6 heteroatoms. The maximum Gasteiger partial charge on any atom is 0.263 e. The summed E-state index contributed by atoms with van der Waals surface area (Å²) in [7, 11) is 1.69. The maximum absolute atomic E-state index is 12.6. The summed E-state index contributed by atoms with van der Waals surface area (Å²) in [5.74, 6) is 1.39. The number of carbonyl (C=O) groups is 1. The van der Waals surface area contributed by atoms with Gasteiger partial charge in [-0.3, -0.25) is 4.79 Å². The van der Waals surface area contributed by atoms with E-state index in [9.17, 15) is 4.79 Å². The summed E-state index contributed by atoms with van der Waals surface area (Å²) >= 11 is 0. The number of carbonyl (C=O) groups excluding carboxylic acids is 1. The fourth-order valence-corrected chi connectivity index (χ4v) is 2.68. The van der Waals surface area contributed by atoms with E-state index in [0.29, 0.717) is 17.5 Å². The normalized spacial score (nSPS) is 11.9. The van der Waals surface area contributed by atoms with Crippen molar-refractivity contribution in [2.45, 2.75) is 33.4 Å². The molecule has 0 radical (unpaired) electrons. The van der Waals surface area contributed by atoms with E-state index in [0.717, 1.165) is 16.7 Å². The van der Waals surface area contributed by atoms with Crippen LogP contribution in [0.15, 0.2) is 53.1 Å². The largest absolute Gasteiger partial charge is 0.481 e. The lowest BCUT2D eigenvalue weighted by atomic mass is 10.1. The van der Waals surface area contributed by atoms with Gasteiger partial charge in [-0.1, -0.05) is 46.6 Å². The Hall–Kier alpha value is -3.15. The number of ether oxygens (including phenoxy) is 1. The molecule has 6 nitrogen and oxygen atoms in total. The van der Waals surface area contributed by atoms with Crippen LogP contribution in [0.1, 0.15) is 23.9 Å². The van der Waals surface area contributed by atoms with Crippen LogP contribution in [0.5, 0.6) is 5.75 Å². The van der Waals surface area contributed by atoms with Gasteiger partial charge in [-0.05, 0) is 39.0 Å². The van der Waals surface area contributed by atoms with Gasteiger partial charge in [-0.2, -0.15) is 4.98 Å². The van der Waals surface area contributed by atoms with Gasteiger partial charge in [-0.15, -0.1) is 0 Å². The van der Waals surface area contributed by atoms with E-state index in [1.807, 2.05) is 62.4 Å². The molecule has 0 saturated carbocycles. The molecule has 0 spiro atoms. The number of aryl methyl sites for hydroxylation is 2. The smallest absolute Gasteiger partial charge is 0.263 e. The molecule has 1 aromatic heterocycles. The van der Waals surface area contributed by atoms with Gasteiger partial charge in [0.2, 0.25) is 11.7 Å². The van der Waals surface area contributed by atoms with Crippen molar-refractivity contribution in [1.82, 2.24) is 15.0 Å². The van der Waals surface area contributed by atoms with Crippen LogP contribution in [0.4, 0.5) is 0 Å². The van der Waals surface area contributed by atoms with Gasteiger partial charge >= 0.3 is 0 Å². The van der Waals surface area contributed by atoms with Gasteiger partial charge in [0.05, 0.1) is 6.54 Å². The highest BCUT2D eigenvalue weighted by Crippen LogP contribution is 2.18. The number of benzene rings is 2. The molecular formula is C21H23N3O3. The highest BCUT2D eigenvalue weighted by Gasteiger charge is 2.21. The Balaban J connectivity index is 1.61. The zero-order valence-corrected chi connectivity index (χ0v) is 16.0. The SMILES string of the molecule is Cc1ccc(OC(C)C(=O)N(C)Cc2nc(-c3cccc(C)c3)no2)cc1. The second kappa shape index (κ2) is 8.03. The predicted octanol–water partition coefficient (Wildman–Crippen LogP) is 3.78. The zero-order chi connectivity index (χ0) is 19.4. The molecule has 0 aliphatic heterocycles. The molecule has 3 aromatic rings. The molecular weight excluding hydrogens is 342 g/mol. The summed E-state index contributed by atoms with van der Waals surface area (Å²) in [6.07, 6.45) is -0.614. The molecule has 0 N–H and O–H groups in total. The third-order valence-corrected chi connectivity index (χ3v) is 4.17. The highest BCUT2D eigenvalue weighted by atomic mass is 16.5. The first kappa shape index (κ1) is 18.6. The number of hydrogen-bond donors (Lipinski definition) is 0. The average molecular weight is 365 g/mol. The number of nitrogens with zero attached hydrogens (tertiary/aromatic N) is 3. The van der Waals surface area contributed by atoms with E-state index in [4.69, 9.17) is 9.26 Å². The molecule has 2 aromatic carbocycles. The Morgan fingerprint density at radius 3 is 2.59 bits per heavy atom. The van der Waals surface area contributed by atoms with E-state index in [1.165, 1.54) is 4.90 Å². The first-order valence-corrected chi connectivity index (χ1v) is 8.80. The average Bonchev–Trinajstić information content (AvgIpc) is 3.11. The van der Waals surface area contributed by atoms with Crippen LogP contribution in [0.2, 0.25) is 0 Å². The number of amides is 1. The van der Waals surface area contributed by atoms with Crippen LogP contribution in [-0.2, 0) is 11.3 Å². The van der Waals surface area contributed by atoms with Crippen molar-refractivity contribution in [2.75, 3.05) is 7.05 Å². The summed E-state index contributed by atoms with van der Waals surface area (Å²) in [5, 5.41) is 4.01. The molecule has 1 heterocycles. The molecule has 0 aliphatic rings. The van der Waals surface area contributed by atoms with Crippen molar-refractivity contribution >= 4 is 5.91 Å². The molecule has 0 bridgehead atoms. The number of aromatic nitrogens is 2. The minimum Gasteiger partial charge on any atom is -0.481 e. The van der Waals surface area contributed by atoms with E-state index in [-0.39, 0.29) is 12.5 Å². The highest BCUT2D eigenvalue weighted by molar-refractivity contribution is 5.80. The quantitative estimate of drug-likeness (QED) is 0.665. The molecule has 1 unspecified atom stereocenters. The summed E-state index contributed by atoms with van der Waals surface area (Å²) in [5.41, 5.74) is 3.14. The Labute approximate surface area is 158 Å². The Bertz CT molecular complexity index is 918. The fourth-order valence-electron chi connectivity index (χ4n) is 2.68. The molecule has 27 heavy (non-hydrogen) atoms. The lowest BCUT2D eigenvalue weighted by molar-refractivity contribution is -0.137. The van der Waals surface area contributed by atoms with Crippen LogP contribution in [-0.4, -0.2) is 34.1 Å². The number of hydrogen-bond acceptors (Lipinski definition) is 5. The van der Waals surface area contributed by atoms with Crippen molar-refractivity contribution in [2.24, 2.45) is 0 Å². The van der Waals surface area contributed by atoms with Crippen molar-refractivity contribution in [3.63, 3.8) is 0 Å². The van der Waals surface area contributed by atoms with Crippen LogP contribution < -0.4 is 4.74 Å². The molecule has 1 atom stereocenters. The Kier molecular flexibility index (Phi) is 5.54. The minimum atomic E-state index is -0.614. The standard InChI is InChI=1S/C21H23N3O3/c1-14-8-10-18(11-9-14)26-16(3)21(25)24(4)13-19-22-20(23-27-19)17-7-5-6-15(2)12-17/h5-12,16H,13H2,1-4H3. The van der Waals surface area contributed by atoms with Gasteiger partial charge in [0.1, 0.15) is 5.75 Å². The van der Waals surface area contributed by atoms with Crippen molar-refractivity contribution in [1.29, 1.82) is 0 Å². The number of likely N-dealkylation sites (N-methyl/N-ethyl adjacent to an activating group) is 1. The van der Waals surface area contributed by atoms with E-state index < -0.39 is 6.10 Å².